The van der Waals surface area contributed by atoms with E-state index >= 15 is 0 Å². The van der Waals surface area contributed by atoms with Crippen LogP contribution >= 0.6 is 0 Å². The van der Waals surface area contributed by atoms with E-state index in [0.29, 0.717) is 17.9 Å². The van der Waals surface area contributed by atoms with E-state index < -0.39 is 36.7 Å². The van der Waals surface area contributed by atoms with Crippen LogP contribution in [0.1, 0.15) is 17.2 Å². The molecule has 10 heteroatoms. The summed E-state index contributed by atoms with van der Waals surface area (Å²) in [6.45, 7) is 2.05. The molecule has 1 aliphatic heterocycles. The lowest BCUT2D eigenvalue weighted by atomic mass is 10.1. The quantitative estimate of drug-likeness (QED) is 0.612. The first kappa shape index (κ1) is 24.6. The van der Waals surface area contributed by atoms with Crippen molar-refractivity contribution < 1.29 is 26.0 Å². The van der Waals surface area contributed by atoms with Crippen LogP contribution in [0.5, 0.6) is 5.75 Å². The highest BCUT2D eigenvalue weighted by molar-refractivity contribution is 7.96. The molecule has 0 radical (unpaired) electrons. The van der Waals surface area contributed by atoms with Crippen molar-refractivity contribution in [1.82, 2.24) is 10.2 Å². The number of rotatable bonds is 8. The second-order valence-corrected chi connectivity index (χ2v) is 12.7. The lowest BCUT2D eigenvalue weighted by Gasteiger charge is -2.28. The van der Waals surface area contributed by atoms with Gasteiger partial charge in [0.15, 0.2) is 19.7 Å². The Hall–Kier alpha value is -2.01. The van der Waals surface area contributed by atoms with Gasteiger partial charge >= 0.3 is 0 Å². The summed E-state index contributed by atoms with van der Waals surface area (Å²) in [6.07, 6.45) is 0. The number of sulfone groups is 2. The maximum Gasteiger partial charge on any atom is 0.183 e. The normalized spacial score (nSPS) is 21.6. The minimum atomic E-state index is -3.91. The molecule has 0 aromatic heterocycles. The van der Waals surface area contributed by atoms with E-state index in [-0.39, 0.29) is 22.5 Å². The van der Waals surface area contributed by atoms with Gasteiger partial charge in [-0.3, -0.25) is 0 Å². The number of ether oxygens (including phenoxy) is 1. The van der Waals surface area contributed by atoms with Gasteiger partial charge in [-0.25, -0.2) is 21.2 Å². The zero-order valence-electron chi connectivity index (χ0n) is 18.6. The Morgan fingerprint density at radius 2 is 1.81 bits per heavy atom. The summed E-state index contributed by atoms with van der Waals surface area (Å²) in [5.41, 5.74) is 1.50. The van der Waals surface area contributed by atoms with Crippen LogP contribution in [0.3, 0.4) is 0 Å². The van der Waals surface area contributed by atoms with E-state index in [1.165, 1.54) is 31.4 Å². The molecule has 3 atom stereocenters. The van der Waals surface area contributed by atoms with Crippen molar-refractivity contribution in [3.63, 3.8) is 0 Å². The number of halogens is 1. The van der Waals surface area contributed by atoms with Gasteiger partial charge in [-0.15, -0.1) is 0 Å². The first-order valence-corrected chi connectivity index (χ1v) is 13.6. The van der Waals surface area contributed by atoms with Gasteiger partial charge in [0.05, 0.1) is 28.8 Å². The summed E-state index contributed by atoms with van der Waals surface area (Å²) in [5.74, 6) is -0.468. The molecule has 1 fully saturated rings. The van der Waals surface area contributed by atoms with Crippen molar-refractivity contribution in [2.24, 2.45) is 0 Å². The number of methoxy groups -OCH3 is 1. The van der Waals surface area contributed by atoms with Crippen molar-refractivity contribution in [1.29, 1.82) is 0 Å². The zero-order chi connectivity index (χ0) is 23.7. The number of aryl methyl sites for hydroxylation is 1. The molecule has 7 nitrogen and oxygen atoms in total. The Labute approximate surface area is 189 Å². The SMILES string of the molecule is COc1ccc(S(=O)(=O)[C@H]2CS(=O)(=O)C[C@@H]2NCC(c2ccc(F)cc2)N(C)C)cc1C. The Bertz CT molecular complexity index is 1170. The maximum atomic E-state index is 13.4. The van der Waals surface area contributed by atoms with E-state index in [4.69, 9.17) is 4.74 Å². The molecular weight excluding hydrogens is 455 g/mol. The highest BCUT2D eigenvalue weighted by Crippen LogP contribution is 2.29. The Kier molecular flexibility index (Phi) is 7.28. The van der Waals surface area contributed by atoms with Gasteiger partial charge < -0.3 is 15.0 Å². The predicted octanol–water partition coefficient (Wildman–Crippen LogP) is 1.97. The molecule has 1 heterocycles. The van der Waals surface area contributed by atoms with Gasteiger partial charge in [0.1, 0.15) is 11.6 Å². The van der Waals surface area contributed by atoms with E-state index in [9.17, 15) is 21.2 Å². The van der Waals surface area contributed by atoms with Gasteiger partial charge in [-0.1, -0.05) is 12.1 Å². The number of likely N-dealkylation sites (N-methyl/N-ethyl adjacent to an activating group) is 1. The monoisotopic (exact) mass is 484 g/mol. The van der Waals surface area contributed by atoms with Crippen LogP contribution in [0, 0.1) is 12.7 Å². The second-order valence-electron chi connectivity index (χ2n) is 8.34. The third-order valence-electron chi connectivity index (χ3n) is 5.85. The Morgan fingerprint density at radius 1 is 1.16 bits per heavy atom. The Morgan fingerprint density at radius 3 is 2.38 bits per heavy atom. The van der Waals surface area contributed by atoms with Gasteiger partial charge in [-0.2, -0.15) is 0 Å². The van der Waals surface area contributed by atoms with Crippen LogP contribution in [0.4, 0.5) is 4.39 Å². The van der Waals surface area contributed by atoms with Crippen molar-refractivity contribution in [3.8, 4) is 5.75 Å². The molecule has 0 spiro atoms. The van der Waals surface area contributed by atoms with Crippen LogP contribution in [-0.4, -0.2) is 72.3 Å². The van der Waals surface area contributed by atoms with E-state index in [2.05, 4.69) is 5.32 Å². The number of nitrogens with zero attached hydrogens (tertiary/aromatic N) is 1. The smallest absolute Gasteiger partial charge is 0.183 e. The average molecular weight is 485 g/mol. The minimum Gasteiger partial charge on any atom is -0.496 e. The molecule has 3 rings (SSSR count). The summed E-state index contributed by atoms with van der Waals surface area (Å²) >= 11 is 0. The van der Waals surface area contributed by atoms with Crippen LogP contribution in [0.2, 0.25) is 0 Å². The van der Waals surface area contributed by atoms with Gasteiger partial charge in [0, 0.05) is 18.6 Å². The van der Waals surface area contributed by atoms with Crippen LogP contribution < -0.4 is 10.1 Å². The summed E-state index contributed by atoms with van der Waals surface area (Å²) in [5, 5.41) is 2.08. The summed E-state index contributed by atoms with van der Waals surface area (Å²) in [7, 11) is -2.22. The fraction of sp³-hybridized carbons (Fsp3) is 0.455. The third-order valence-corrected chi connectivity index (χ3v) is 9.99. The van der Waals surface area contributed by atoms with Crippen molar-refractivity contribution in [2.45, 2.75) is 29.2 Å². The van der Waals surface area contributed by atoms with Crippen LogP contribution in [0.15, 0.2) is 47.4 Å². The summed E-state index contributed by atoms with van der Waals surface area (Å²) < 4.78 is 70.1. The fourth-order valence-electron chi connectivity index (χ4n) is 4.06. The lowest BCUT2D eigenvalue weighted by molar-refractivity contribution is 0.281. The first-order valence-electron chi connectivity index (χ1n) is 10.2. The summed E-state index contributed by atoms with van der Waals surface area (Å²) in [6, 6.07) is 9.66. The van der Waals surface area contributed by atoms with E-state index in [1.807, 2.05) is 19.0 Å². The fourth-order valence-corrected chi connectivity index (χ4v) is 8.86. The number of nitrogens with one attached hydrogen (secondary N) is 1. The molecule has 1 unspecified atom stereocenters. The molecule has 0 saturated carbocycles. The molecule has 0 bridgehead atoms. The highest BCUT2D eigenvalue weighted by Gasteiger charge is 2.46. The maximum absolute atomic E-state index is 13.4. The van der Waals surface area contributed by atoms with E-state index in [0.717, 1.165) is 5.56 Å². The topological polar surface area (TPSA) is 92.8 Å². The molecule has 32 heavy (non-hydrogen) atoms. The highest BCUT2D eigenvalue weighted by atomic mass is 32.2. The van der Waals surface area contributed by atoms with Crippen molar-refractivity contribution in [2.75, 3.05) is 39.3 Å². The molecule has 0 amide bonds. The average Bonchev–Trinajstić information content (AvgIpc) is 3.04. The molecule has 176 valence electrons. The van der Waals surface area contributed by atoms with Crippen molar-refractivity contribution in [3.05, 3.63) is 59.4 Å². The largest absolute Gasteiger partial charge is 0.496 e. The van der Waals surface area contributed by atoms with E-state index in [1.54, 1.807) is 25.1 Å². The second kappa shape index (κ2) is 9.46. The van der Waals surface area contributed by atoms with Crippen LogP contribution in [0.25, 0.3) is 0 Å². The Balaban J connectivity index is 1.86. The molecule has 1 N–H and O–H groups in total. The number of benzene rings is 2. The molecule has 1 saturated heterocycles. The standard InChI is InChI=1S/C22H29FN2O5S2/c1-15-11-18(9-10-21(15)30-4)32(28,29)22-14-31(26,27)13-19(22)24-12-20(25(2)3)16-5-7-17(23)8-6-16/h5-11,19-20,22,24H,12-14H2,1-4H3/t19-,20?,22-/m0/s1. The molecule has 1 aliphatic rings. The molecular formula is C22H29FN2O5S2. The minimum absolute atomic E-state index is 0.0763. The third kappa shape index (κ3) is 5.31. The zero-order valence-corrected chi connectivity index (χ0v) is 20.2. The number of hydrogen-bond donors (Lipinski definition) is 1. The molecule has 2 aromatic rings. The number of hydrogen-bond acceptors (Lipinski definition) is 7. The van der Waals surface area contributed by atoms with Crippen LogP contribution in [-0.2, 0) is 19.7 Å². The lowest BCUT2D eigenvalue weighted by Crippen LogP contribution is -2.46. The van der Waals surface area contributed by atoms with Crippen molar-refractivity contribution >= 4 is 19.7 Å². The predicted molar refractivity (Wildman–Crippen MR) is 122 cm³/mol. The molecule has 2 aromatic carbocycles. The molecule has 0 aliphatic carbocycles. The van der Waals surface area contributed by atoms with Gasteiger partial charge in [0.25, 0.3) is 0 Å². The van der Waals surface area contributed by atoms with Gasteiger partial charge in [0.2, 0.25) is 0 Å². The first-order chi connectivity index (χ1) is 14.9. The summed E-state index contributed by atoms with van der Waals surface area (Å²) in [4.78, 5) is 1.99. The van der Waals surface area contributed by atoms with Gasteiger partial charge in [-0.05, 0) is 62.5 Å².